The van der Waals surface area contributed by atoms with Gasteiger partial charge >= 0.3 is 5.97 Å². The zero-order chi connectivity index (χ0) is 18.0. The Hall–Kier alpha value is -2.75. The van der Waals surface area contributed by atoms with E-state index in [1.165, 1.54) is 5.57 Å². The van der Waals surface area contributed by atoms with Crippen molar-refractivity contribution in [1.82, 2.24) is 0 Å². The Balaban J connectivity index is 1.71. The maximum Gasteiger partial charge on any atom is 0.315 e. The maximum atomic E-state index is 12.2. The number of rotatable bonds is 4. The van der Waals surface area contributed by atoms with E-state index in [-0.39, 0.29) is 17.9 Å². The predicted molar refractivity (Wildman–Crippen MR) is 100 cm³/mol. The van der Waals surface area contributed by atoms with Gasteiger partial charge in [-0.25, -0.2) is 0 Å². The summed E-state index contributed by atoms with van der Waals surface area (Å²) < 4.78 is 10.6. The van der Waals surface area contributed by atoms with E-state index in [0.717, 1.165) is 22.6 Å². The second-order valence-corrected chi connectivity index (χ2v) is 6.88. The van der Waals surface area contributed by atoms with Gasteiger partial charge in [-0.3, -0.25) is 4.79 Å². The number of ether oxygens (including phenoxy) is 2. The normalized spacial score (nSPS) is 14.8. The Morgan fingerprint density at radius 2 is 1.76 bits per heavy atom. The molecule has 0 saturated carbocycles. The van der Waals surface area contributed by atoms with Crippen molar-refractivity contribution in [3.63, 3.8) is 0 Å². The number of hydrogen-bond acceptors (Lipinski definition) is 4. The summed E-state index contributed by atoms with van der Waals surface area (Å²) in [7, 11) is 1.62. The van der Waals surface area contributed by atoms with Gasteiger partial charge in [0, 0.05) is 11.3 Å². The van der Waals surface area contributed by atoms with Gasteiger partial charge in [0.2, 0.25) is 0 Å². The quantitative estimate of drug-likeness (QED) is 0.661. The Bertz CT molecular complexity index is 820. The Kier molecular flexibility index (Phi) is 4.53. The van der Waals surface area contributed by atoms with Crippen LogP contribution in [0.5, 0.6) is 11.5 Å². The number of hydrogen-bond donors (Lipinski definition) is 1. The van der Waals surface area contributed by atoms with E-state index in [4.69, 9.17) is 9.47 Å². The molecule has 25 heavy (non-hydrogen) atoms. The van der Waals surface area contributed by atoms with Gasteiger partial charge in [-0.15, -0.1) is 0 Å². The third kappa shape index (κ3) is 4.02. The van der Waals surface area contributed by atoms with Gasteiger partial charge < -0.3 is 14.8 Å². The average Bonchev–Trinajstić information content (AvgIpc) is 2.55. The molecule has 1 aliphatic rings. The Morgan fingerprint density at radius 3 is 2.44 bits per heavy atom. The van der Waals surface area contributed by atoms with Crippen LogP contribution in [0.4, 0.5) is 5.69 Å². The molecule has 0 atom stereocenters. The van der Waals surface area contributed by atoms with Crippen LogP contribution in [0.15, 0.2) is 48.5 Å². The molecule has 0 saturated heterocycles. The number of esters is 1. The number of carbonyl (C=O) groups is 1. The first kappa shape index (κ1) is 17.1. The standard InChI is InChI=1S/C21H23NO3/c1-14-13-21(2,3)22-19-10-9-17(12-18(14)19)25-20(23)11-15-5-7-16(24-4)8-6-15/h5-10,12-13,22H,11H2,1-4H3. The van der Waals surface area contributed by atoms with Gasteiger partial charge in [0.05, 0.1) is 19.1 Å². The fourth-order valence-corrected chi connectivity index (χ4v) is 3.10. The lowest BCUT2D eigenvalue weighted by atomic mass is 9.91. The molecule has 0 radical (unpaired) electrons. The van der Waals surface area contributed by atoms with Crippen LogP contribution in [-0.4, -0.2) is 18.6 Å². The summed E-state index contributed by atoms with van der Waals surface area (Å²) >= 11 is 0. The minimum atomic E-state index is -0.282. The van der Waals surface area contributed by atoms with Gasteiger partial charge in [0.25, 0.3) is 0 Å². The Labute approximate surface area is 148 Å². The van der Waals surface area contributed by atoms with Crippen LogP contribution in [0, 0.1) is 0 Å². The summed E-state index contributed by atoms with van der Waals surface area (Å²) in [5, 5.41) is 3.47. The summed E-state index contributed by atoms with van der Waals surface area (Å²) in [4.78, 5) is 12.2. The van der Waals surface area contributed by atoms with Crippen LogP contribution in [-0.2, 0) is 11.2 Å². The minimum absolute atomic E-state index is 0.0797. The van der Waals surface area contributed by atoms with Crippen LogP contribution < -0.4 is 14.8 Å². The molecule has 1 aliphatic heterocycles. The average molecular weight is 337 g/mol. The lowest BCUT2D eigenvalue weighted by molar-refractivity contribution is -0.133. The third-order valence-electron chi connectivity index (χ3n) is 4.19. The third-order valence-corrected chi connectivity index (χ3v) is 4.19. The van der Waals surface area contributed by atoms with E-state index in [1.54, 1.807) is 7.11 Å². The number of benzene rings is 2. The van der Waals surface area contributed by atoms with Gasteiger partial charge in [-0.1, -0.05) is 18.2 Å². The molecule has 0 aliphatic carbocycles. The molecule has 0 bridgehead atoms. The van der Waals surface area contributed by atoms with E-state index in [2.05, 4.69) is 32.2 Å². The second kappa shape index (κ2) is 6.63. The van der Waals surface area contributed by atoms with E-state index < -0.39 is 0 Å². The SMILES string of the molecule is COc1ccc(CC(=O)Oc2ccc3c(c2)C(C)=CC(C)(C)N3)cc1. The lowest BCUT2D eigenvalue weighted by Gasteiger charge is -2.31. The summed E-state index contributed by atoms with van der Waals surface area (Å²) in [6.45, 7) is 6.33. The summed E-state index contributed by atoms with van der Waals surface area (Å²) in [6, 6.07) is 13.1. The second-order valence-electron chi connectivity index (χ2n) is 6.88. The fourth-order valence-electron chi connectivity index (χ4n) is 3.10. The van der Waals surface area contributed by atoms with Gasteiger partial charge in [0.1, 0.15) is 11.5 Å². The van der Waals surface area contributed by atoms with Gasteiger partial charge in [-0.05, 0) is 62.2 Å². The van der Waals surface area contributed by atoms with Crippen LogP contribution in [0.2, 0.25) is 0 Å². The molecule has 0 unspecified atom stereocenters. The highest BCUT2D eigenvalue weighted by Crippen LogP contribution is 2.35. The van der Waals surface area contributed by atoms with Gasteiger partial charge in [-0.2, -0.15) is 0 Å². The molecular formula is C21H23NO3. The highest BCUT2D eigenvalue weighted by Gasteiger charge is 2.22. The predicted octanol–water partition coefficient (Wildman–Crippen LogP) is 4.45. The number of nitrogens with one attached hydrogen (secondary N) is 1. The van der Waals surface area contributed by atoms with Crippen LogP contribution >= 0.6 is 0 Å². The molecule has 0 spiro atoms. The zero-order valence-electron chi connectivity index (χ0n) is 15.1. The molecule has 0 aromatic heterocycles. The van der Waals surface area contributed by atoms with Crippen molar-refractivity contribution in [2.75, 3.05) is 12.4 Å². The van der Waals surface area contributed by atoms with Crippen molar-refractivity contribution < 1.29 is 14.3 Å². The number of fused-ring (bicyclic) bond motifs is 1. The van der Waals surface area contributed by atoms with Crippen molar-refractivity contribution in [2.24, 2.45) is 0 Å². The van der Waals surface area contributed by atoms with E-state index in [9.17, 15) is 4.79 Å². The molecule has 0 fully saturated rings. The van der Waals surface area contributed by atoms with E-state index in [1.807, 2.05) is 42.5 Å². The van der Waals surface area contributed by atoms with Crippen molar-refractivity contribution in [3.8, 4) is 11.5 Å². The summed E-state index contributed by atoms with van der Waals surface area (Å²) in [5.41, 5.74) is 4.10. The fraction of sp³-hybridized carbons (Fsp3) is 0.286. The molecule has 3 rings (SSSR count). The molecule has 1 heterocycles. The number of methoxy groups -OCH3 is 1. The van der Waals surface area contributed by atoms with Crippen LogP contribution in [0.3, 0.4) is 0 Å². The lowest BCUT2D eigenvalue weighted by Crippen LogP contribution is -2.31. The first-order valence-corrected chi connectivity index (χ1v) is 8.32. The minimum Gasteiger partial charge on any atom is -0.497 e. The van der Waals surface area contributed by atoms with Crippen LogP contribution in [0.25, 0.3) is 5.57 Å². The number of anilines is 1. The smallest absolute Gasteiger partial charge is 0.315 e. The molecule has 4 heteroatoms. The molecule has 2 aromatic carbocycles. The number of allylic oxidation sites excluding steroid dienone is 1. The molecule has 1 N–H and O–H groups in total. The van der Waals surface area contributed by atoms with Crippen LogP contribution in [0.1, 0.15) is 31.9 Å². The Morgan fingerprint density at radius 1 is 1.08 bits per heavy atom. The maximum absolute atomic E-state index is 12.2. The van der Waals surface area contributed by atoms with Crippen molar-refractivity contribution in [1.29, 1.82) is 0 Å². The highest BCUT2D eigenvalue weighted by molar-refractivity contribution is 5.82. The van der Waals surface area contributed by atoms with Gasteiger partial charge in [0.15, 0.2) is 0 Å². The first-order chi connectivity index (χ1) is 11.9. The van der Waals surface area contributed by atoms with Crippen molar-refractivity contribution >= 4 is 17.2 Å². The highest BCUT2D eigenvalue weighted by atomic mass is 16.5. The van der Waals surface area contributed by atoms with Crippen molar-refractivity contribution in [3.05, 3.63) is 59.7 Å². The molecule has 4 nitrogen and oxygen atoms in total. The summed E-state index contributed by atoms with van der Waals surface area (Å²) in [6.07, 6.45) is 2.40. The van der Waals surface area contributed by atoms with E-state index >= 15 is 0 Å². The topological polar surface area (TPSA) is 47.6 Å². The molecule has 130 valence electrons. The van der Waals surface area contributed by atoms with E-state index in [0.29, 0.717) is 5.75 Å². The molecule has 2 aromatic rings. The molecular weight excluding hydrogens is 314 g/mol. The first-order valence-electron chi connectivity index (χ1n) is 8.32. The molecule has 0 amide bonds. The summed E-state index contributed by atoms with van der Waals surface area (Å²) in [5.74, 6) is 1.05. The number of carbonyl (C=O) groups excluding carboxylic acids is 1. The van der Waals surface area contributed by atoms with Crippen molar-refractivity contribution in [2.45, 2.75) is 32.7 Å². The largest absolute Gasteiger partial charge is 0.497 e. The zero-order valence-corrected chi connectivity index (χ0v) is 15.1. The monoisotopic (exact) mass is 337 g/mol.